The van der Waals surface area contributed by atoms with Crippen LogP contribution in [-0.2, 0) is 0 Å². The van der Waals surface area contributed by atoms with Crippen LogP contribution in [0.2, 0.25) is 5.02 Å². The molecule has 0 atom stereocenters. The summed E-state index contributed by atoms with van der Waals surface area (Å²) in [6.45, 7) is 0. The van der Waals surface area contributed by atoms with E-state index in [-0.39, 0.29) is 0 Å². The Morgan fingerprint density at radius 2 is 2.31 bits per heavy atom. The molecule has 5 heteroatoms. The Bertz CT molecular complexity index is 477. The van der Waals surface area contributed by atoms with Gasteiger partial charge in [0.1, 0.15) is 0 Å². The van der Waals surface area contributed by atoms with Gasteiger partial charge in [-0.1, -0.05) is 11.6 Å². The van der Waals surface area contributed by atoms with Crippen LogP contribution in [0.1, 0.15) is 10.4 Å². The molecule has 0 saturated carbocycles. The van der Waals surface area contributed by atoms with Crippen molar-refractivity contribution >= 4 is 23.0 Å². The standard InChI is InChI=1S/C8H6ClN3O/c9-6-3-11-12-4-5(8(10)13)1-2-7(6)12/h1-4H,(H2,10,13). The molecule has 2 heterocycles. The number of aromatic nitrogens is 2. The zero-order chi connectivity index (χ0) is 9.42. The number of hydrogen-bond acceptors (Lipinski definition) is 2. The summed E-state index contributed by atoms with van der Waals surface area (Å²) < 4.78 is 1.52. The van der Waals surface area contributed by atoms with Crippen molar-refractivity contribution in [2.45, 2.75) is 0 Å². The molecule has 0 fully saturated rings. The highest BCUT2D eigenvalue weighted by atomic mass is 35.5. The molecule has 66 valence electrons. The molecule has 0 aliphatic carbocycles. The first kappa shape index (κ1) is 8.07. The quantitative estimate of drug-likeness (QED) is 0.741. The molecular weight excluding hydrogens is 190 g/mol. The third kappa shape index (κ3) is 1.25. The fourth-order valence-corrected chi connectivity index (χ4v) is 1.29. The summed E-state index contributed by atoms with van der Waals surface area (Å²) in [6, 6.07) is 3.32. The van der Waals surface area contributed by atoms with Crippen molar-refractivity contribution in [1.29, 1.82) is 0 Å². The van der Waals surface area contributed by atoms with Gasteiger partial charge >= 0.3 is 0 Å². The summed E-state index contributed by atoms with van der Waals surface area (Å²) in [4.78, 5) is 10.8. The summed E-state index contributed by atoms with van der Waals surface area (Å²) >= 11 is 5.81. The zero-order valence-corrected chi connectivity index (χ0v) is 7.32. The SMILES string of the molecule is NC(=O)c1ccc2c(Cl)cnn2c1. The van der Waals surface area contributed by atoms with E-state index in [0.29, 0.717) is 10.6 Å². The van der Waals surface area contributed by atoms with Gasteiger partial charge in [-0.15, -0.1) is 0 Å². The van der Waals surface area contributed by atoms with E-state index in [1.807, 2.05) is 0 Å². The summed E-state index contributed by atoms with van der Waals surface area (Å²) in [5.41, 5.74) is 6.26. The van der Waals surface area contributed by atoms with E-state index in [2.05, 4.69) is 5.10 Å². The largest absolute Gasteiger partial charge is 0.366 e. The van der Waals surface area contributed by atoms with Gasteiger partial charge in [0.2, 0.25) is 5.91 Å². The molecule has 0 aromatic carbocycles. The Hall–Kier alpha value is -1.55. The fraction of sp³-hybridized carbons (Fsp3) is 0. The maximum Gasteiger partial charge on any atom is 0.250 e. The van der Waals surface area contributed by atoms with Crippen LogP contribution in [0.4, 0.5) is 0 Å². The Kier molecular flexibility index (Phi) is 1.70. The van der Waals surface area contributed by atoms with Crippen molar-refractivity contribution in [1.82, 2.24) is 9.61 Å². The average molecular weight is 196 g/mol. The van der Waals surface area contributed by atoms with Crippen molar-refractivity contribution in [3.05, 3.63) is 35.1 Å². The first-order valence-electron chi connectivity index (χ1n) is 3.61. The maximum absolute atomic E-state index is 10.8. The van der Waals surface area contributed by atoms with Gasteiger partial charge < -0.3 is 5.73 Å². The molecule has 0 saturated heterocycles. The molecule has 2 rings (SSSR count). The van der Waals surface area contributed by atoms with Gasteiger partial charge in [-0.25, -0.2) is 4.52 Å². The number of halogens is 1. The molecule has 0 unspecified atom stereocenters. The average Bonchev–Trinajstić information content (AvgIpc) is 2.47. The summed E-state index contributed by atoms with van der Waals surface area (Å²) in [5.74, 6) is -0.478. The summed E-state index contributed by atoms with van der Waals surface area (Å²) in [5, 5.41) is 4.49. The van der Waals surface area contributed by atoms with Crippen molar-refractivity contribution in [3.8, 4) is 0 Å². The second-order valence-electron chi connectivity index (χ2n) is 2.60. The molecule has 2 aromatic heterocycles. The minimum Gasteiger partial charge on any atom is -0.366 e. The second-order valence-corrected chi connectivity index (χ2v) is 3.01. The molecule has 2 aromatic rings. The number of pyridine rings is 1. The number of fused-ring (bicyclic) bond motifs is 1. The van der Waals surface area contributed by atoms with Crippen molar-refractivity contribution in [2.75, 3.05) is 0 Å². The van der Waals surface area contributed by atoms with E-state index < -0.39 is 5.91 Å². The first-order chi connectivity index (χ1) is 6.18. The van der Waals surface area contributed by atoms with Gasteiger partial charge in [0, 0.05) is 6.20 Å². The highest BCUT2D eigenvalue weighted by molar-refractivity contribution is 6.33. The van der Waals surface area contributed by atoms with Crippen LogP contribution in [0, 0.1) is 0 Å². The van der Waals surface area contributed by atoms with Crippen LogP contribution < -0.4 is 5.73 Å². The summed E-state index contributed by atoms with van der Waals surface area (Å²) in [7, 11) is 0. The molecule has 0 spiro atoms. The molecular formula is C8H6ClN3O. The Morgan fingerprint density at radius 3 is 3.00 bits per heavy atom. The van der Waals surface area contributed by atoms with Crippen molar-refractivity contribution < 1.29 is 4.79 Å². The lowest BCUT2D eigenvalue weighted by molar-refractivity contribution is 0.1000. The molecule has 0 radical (unpaired) electrons. The third-order valence-corrected chi connectivity index (χ3v) is 2.04. The molecule has 1 amide bonds. The summed E-state index contributed by atoms with van der Waals surface area (Å²) in [6.07, 6.45) is 3.06. The number of rotatable bonds is 1. The first-order valence-corrected chi connectivity index (χ1v) is 3.99. The smallest absolute Gasteiger partial charge is 0.250 e. The lowest BCUT2D eigenvalue weighted by atomic mass is 10.2. The monoisotopic (exact) mass is 195 g/mol. The molecule has 2 N–H and O–H groups in total. The van der Waals surface area contributed by atoms with Crippen LogP contribution >= 0.6 is 11.6 Å². The van der Waals surface area contributed by atoms with Gasteiger partial charge in [-0.3, -0.25) is 4.79 Å². The molecule has 0 bridgehead atoms. The van der Waals surface area contributed by atoms with Crippen LogP contribution in [0.5, 0.6) is 0 Å². The normalized spacial score (nSPS) is 10.5. The Morgan fingerprint density at radius 1 is 1.54 bits per heavy atom. The zero-order valence-electron chi connectivity index (χ0n) is 6.57. The van der Waals surface area contributed by atoms with Crippen LogP contribution in [0.25, 0.3) is 5.52 Å². The number of carbonyl (C=O) groups excluding carboxylic acids is 1. The molecule has 13 heavy (non-hydrogen) atoms. The van der Waals surface area contributed by atoms with Crippen LogP contribution in [-0.4, -0.2) is 15.5 Å². The second kappa shape index (κ2) is 2.74. The van der Waals surface area contributed by atoms with Crippen LogP contribution in [0.15, 0.2) is 24.5 Å². The maximum atomic E-state index is 10.8. The minimum absolute atomic E-state index is 0.410. The number of nitrogens with two attached hydrogens (primary N) is 1. The predicted molar refractivity (Wildman–Crippen MR) is 48.7 cm³/mol. The third-order valence-electron chi connectivity index (χ3n) is 1.75. The van der Waals surface area contributed by atoms with Gasteiger partial charge in [-0.05, 0) is 12.1 Å². The highest BCUT2D eigenvalue weighted by Gasteiger charge is 2.04. The lowest BCUT2D eigenvalue weighted by Crippen LogP contribution is -2.11. The Balaban J connectivity index is 2.70. The van der Waals surface area contributed by atoms with E-state index >= 15 is 0 Å². The number of carbonyl (C=O) groups is 1. The molecule has 0 aliphatic rings. The van der Waals surface area contributed by atoms with E-state index in [9.17, 15) is 4.79 Å². The van der Waals surface area contributed by atoms with Gasteiger partial charge in [-0.2, -0.15) is 5.10 Å². The lowest BCUT2D eigenvalue weighted by Gasteiger charge is -1.96. The van der Waals surface area contributed by atoms with E-state index in [1.165, 1.54) is 10.7 Å². The molecule has 0 aliphatic heterocycles. The number of hydrogen-bond donors (Lipinski definition) is 1. The van der Waals surface area contributed by atoms with Gasteiger partial charge in [0.05, 0.1) is 22.3 Å². The van der Waals surface area contributed by atoms with E-state index in [0.717, 1.165) is 5.52 Å². The van der Waals surface area contributed by atoms with E-state index in [4.69, 9.17) is 17.3 Å². The van der Waals surface area contributed by atoms with Gasteiger partial charge in [0.15, 0.2) is 0 Å². The number of amides is 1. The predicted octanol–water partition coefficient (Wildman–Crippen LogP) is 1.09. The minimum atomic E-state index is -0.478. The number of primary amides is 1. The Labute approximate surface area is 78.9 Å². The fourth-order valence-electron chi connectivity index (χ4n) is 1.10. The topological polar surface area (TPSA) is 60.4 Å². The van der Waals surface area contributed by atoms with Crippen LogP contribution in [0.3, 0.4) is 0 Å². The van der Waals surface area contributed by atoms with Crippen molar-refractivity contribution in [3.63, 3.8) is 0 Å². The highest BCUT2D eigenvalue weighted by Crippen LogP contribution is 2.16. The van der Waals surface area contributed by atoms with Gasteiger partial charge in [0.25, 0.3) is 0 Å². The molecule has 4 nitrogen and oxygen atoms in total. The van der Waals surface area contributed by atoms with E-state index in [1.54, 1.807) is 18.3 Å². The number of nitrogens with zero attached hydrogens (tertiary/aromatic N) is 2. The van der Waals surface area contributed by atoms with Crippen molar-refractivity contribution in [2.24, 2.45) is 5.73 Å².